The van der Waals surface area contributed by atoms with Crippen molar-refractivity contribution >= 4 is 5.69 Å². The maximum absolute atomic E-state index is 5.23. The molecule has 118 valence electrons. The first-order chi connectivity index (χ1) is 10.5. The second kappa shape index (κ2) is 7.32. The average Bonchev–Trinajstić information content (AvgIpc) is 2.51. The Hall–Kier alpha value is -2.00. The van der Waals surface area contributed by atoms with Gasteiger partial charge in [-0.1, -0.05) is 18.2 Å². The van der Waals surface area contributed by atoms with Crippen molar-refractivity contribution < 1.29 is 4.74 Å². The van der Waals surface area contributed by atoms with Gasteiger partial charge in [-0.25, -0.2) is 0 Å². The van der Waals surface area contributed by atoms with Crippen molar-refractivity contribution in [2.75, 3.05) is 33.1 Å². The van der Waals surface area contributed by atoms with E-state index < -0.39 is 0 Å². The zero-order valence-electron chi connectivity index (χ0n) is 14.2. The fraction of sp³-hybridized carbons (Fsp3) is 0.368. The maximum Gasteiger partial charge on any atom is 0.118 e. The Labute approximate surface area is 133 Å². The fourth-order valence-electron chi connectivity index (χ4n) is 2.49. The summed E-state index contributed by atoms with van der Waals surface area (Å²) in [6.07, 6.45) is 0. The summed E-state index contributed by atoms with van der Waals surface area (Å²) in [5, 5.41) is 3.55. The van der Waals surface area contributed by atoms with Gasteiger partial charge in [-0.05, 0) is 68.9 Å². The summed E-state index contributed by atoms with van der Waals surface area (Å²) in [6, 6.07) is 15.1. The van der Waals surface area contributed by atoms with Crippen molar-refractivity contribution in [1.82, 2.24) is 4.90 Å². The molecule has 1 atom stereocenters. The molecule has 0 amide bonds. The van der Waals surface area contributed by atoms with Crippen molar-refractivity contribution in [2.24, 2.45) is 0 Å². The molecule has 2 rings (SSSR count). The van der Waals surface area contributed by atoms with Gasteiger partial charge in [0.15, 0.2) is 0 Å². The summed E-state index contributed by atoms with van der Waals surface area (Å²) in [5.41, 5.74) is 5.09. The first-order valence-electron chi connectivity index (χ1n) is 7.62. The van der Waals surface area contributed by atoms with Crippen molar-refractivity contribution in [3.05, 3.63) is 59.2 Å². The zero-order valence-corrected chi connectivity index (χ0v) is 14.2. The summed E-state index contributed by atoms with van der Waals surface area (Å²) < 4.78 is 5.23. The number of aryl methyl sites for hydroxylation is 2. The molecular formula is C19H26N2O. The SMILES string of the molecule is COc1ccc(C(CNc2ccc(C)c(C)c2)N(C)C)cc1. The van der Waals surface area contributed by atoms with Crippen LogP contribution in [0.2, 0.25) is 0 Å². The molecule has 0 saturated heterocycles. The number of hydrogen-bond donors (Lipinski definition) is 1. The Morgan fingerprint density at radius 3 is 2.23 bits per heavy atom. The molecule has 0 saturated carbocycles. The molecule has 0 aliphatic rings. The zero-order chi connectivity index (χ0) is 16.1. The van der Waals surface area contributed by atoms with Crippen LogP contribution in [0, 0.1) is 13.8 Å². The second-order valence-corrected chi connectivity index (χ2v) is 5.93. The minimum atomic E-state index is 0.313. The summed E-state index contributed by atoms with van der Waals surface area (Å²) in [7, 11) is 5.91. The molecule has 3 heteroatoms. The highest BCUT2D eigenvalue weighted by atomic mass is 16.5. The van der Waals surface area contributed by atoms with E-state index in [1.807, 2.05) is 12.1 Å². The van der Waals surface area contributed by atoms with E-state index in [0.29, 0.717) is 6.04 Å². The van der Waals surface area contributed by atoms with Crippen LogP contribution in [0.4, 0.5) is 5.69 Å². The van der Waals surface area contributed by atoms with Crippen LogP contribution in [-0.2, 0) is 0 Å². The molecule has 1 unspecified atom stereocenters. The van der Waals surface area contributed by atoms with Gasteiger partial charge in [0, 0.05) is 12.2 Å². The van der Waals surface area contributed by atoms with E-state index in [9.17, 15) is 0 Å². The molecule has 1 N–H and O–H groups in total. The molecular weight excluding hydrogens is 272 g/mol. The standard InChI is InChI=1S/C19H26N2O/c1-14-6-9-17(12-15(14)2)20-13-19(21(3)4)16-7-10-18(22-5)11-8-16/h6-12,19-20H,13H2,1-5H3. The first-order valence-corrected chi connectivity index (χ1v) is 7.62. The fourth-order valence-corrected chi connectivity index (χ4v) is 2.49. The van der Waals surface area contributed by atoms with Crippen molar-refractivity contribution in [3.8, 4) is 5.75 Å². The van der Waals surface area contributed by atoms with E-state index in [1.54, 1.807) is 7.11 Å². The monoisotopic (exact) mass is 298 g/mol. The number of ether oxygens (including phenoxy) is 1. The highest BCUT2D eigenvalue weighted by molar-refractivity contribution is 5.48. The third-order valence-electron chi connectivity index (χ3n) is 4.13. The third-order valence-corrected chi connectivity index (χ3v) is 4.13. The van der Waals surface area contributed by atoms with Crippen molar-refractivity contribution in [3.63, 3.8) is 0 Å². The van der Waals surface area contributed by atoms with Gasteiger partial charge in [-0.15, -0.1) is 0 Å². The van der Waals surface area contributed by atoms with Crippen molar-refractivity contribution in [2.45, 2.75) is 19.9 Å². The number of benzene rings is 2. The van der Waals surface area contributed by atoms with Crippen LogP contribution in [0.15, 0.2) is 42.5 Å². The minimum absolute atomic E-state index is 0.313. The minimum Gasteiger partial charge on any atom is -0.497 e. The Morgan fingerprint density at radius 2 is 1.68 bits per heavy atom. The van der Waals surface area contributed by atoms with Gasteiger partial charge in [0.25, 0.3) is 0 Å². The molecule has 0 fully saturated rings. The number of hydrogen-bond acceptors (Lipinski definition) is 3. The highest BCUT2D eigenvalue weighted by Crippen LogP contribution is 2.22. The largest absolute Gasteiger partial charge is 0.497 e. The number of methoxy groups -OCH3 is 1. The van der Waals surface area contributed by atoms with E-state index in [4.69, 9.17) is 4.74 Å². The molecule has 0 heterocycles. The molecule has 0 bridgehead atoms. The summed E-state index contributed by atoms with van der Waals surface area (Å²) in [5.74, 6) is 0.892. The normalized spacial score (nSPS) is 12.3. The third kappa shape index (κ3) is 4.01. The smallest absolute Gasteiger partial charge is 0.118 e. The number of nitrogens with one attached hydrogen (secondary N) is 1. The lowest BCUT2D eigenvalue weighted by atomic mass is 10.1. The lowest BCUT2D eigenvalue weighted by Crippen LogP contribution is -2.26. The summed E-state index contributed by atoms with van der Waals surface area (Å²) in [6.45, 7) is 5.15. The highest BCUT2D eigenvalue weighted by Gasteiger charge is 2.14. The van der Waals surface area contributed by atoms with Gasteiger partial charge < -0.3 is 15.0 Å². The number of rotatable bonds is 6. The number of nitrogens with zero attached hydrogens (tertiary/aromatic N) is 1. The van der Waals surface area contributed by atoms with Crippen LogP contribution in [0.25, 0.3) is 0 Å². The topological polar surface area (TPSA) is 24.5 Å². The van der Waals surface area contributed by atoms with E-state index in [2.05, 4.69) is 68.5 Å². The van der Waals surface area contributed by atoms with Gasteiger partial charge >= 0.3 is 0 Å². The van der Waals surface area contributed by atoms with Gasteiger partial charge in [-0.3, -0.25) is 0 Å². The van der Waals surface area contributed by atoms with Gasteiger partial charge in [0.1, 0.15) is 5.75 Å². The Morgan fingerprint density at radius 1 is 1.00 bits per heavy atom. The van der Waals surface area contributed by atoms with E-state index in [1.165, 1.54) is 22.4 Å². The number of likely N-dealkylation sites (N-methyl/N-ethyl adjacent to an activating group) is 1. The van der Waals surface area contributed by atoms with E-state index in [0.717, 1.165) is 12.3 Å². The molecule has 3 nitrogen and oxygen atoms in total. The van der Waals surface area contributed by atoms with Gasteiger partial charge in [0.2, 0.25) is 0 Å². The Balaban J connectivity index is 2.09. The van der Waals surface area contributed by atoms with Crippen LogP contribution in [0.3, 0.4) is 0 Å². The first kappa shape index (κ1) is 16.4. The molecule has 0 aliphatic heterocycles. The van der Waals surface area contributed by atoms with Crippen LogP contribution >= 0.6 is 0 Å². The lowest BCUT2D eigenvalue weighted by molar-refractivity contribution is 0.311. The summed E-state index contributed by atoms with van der Waals surface area (Å²) in [4.78, 5) is 2.23. The van der Waals surface area contributed by atoms with E-state index >= 15 is 0 Å². The quantitative estimate of drug-likeness (QED) is 0.871. The predicted octanol–water partition coefficient (Wildman–Crippen LogP) is 4.03. The Kier molecular flexibility index (Phi) is 5.45. The molecule has 22 heavy (non-hydrogen) atoms. The lowest BCUT2D eigenvalue weighted by Gasteiger charge is -2.26. The maximum atomic E-state index is 5.23. The molecule has 0 spiro atoms. The van der Waals surface area contributed by atoms with Gasteiger partial charge in [-0.2, -0.15) is 0 Å². The van der Waals surface area contributed by atoms with Crippen LogP contribution in [0.5, 0.6) is 5.75 Å². The molecule has 0 radical (unpaired) electrons. The van der Waals surface area contributed by atoms with Gasteiger partial charge in [0.05, 0.1) is 13.2 Å². The summed E-state index contributed by atoms with van der Waals surface area (Å²) >= 11 is 0. The second-order valence-electron chi connectivity index (χ2n) is 5.93. The van der Waals surface area contributed by atoms with Crippen LogP contribution in [0.1, 0.15) is 22.7 Å². The van der Waals surface area contributed by atoms with Crippen molar-refractivity contribution in [1.29, 1.82) is 0 Å². The predicted molar refractivity (Wildman–Crippen MR) is 93.8 cm³/mol. The average molecular weight is 298 g/mol. The molecule has 2 aromatic carbocycles. The molecule has 0 aliphatic carbocycles. The molecule has 2 aromatic rings. The Bertz CT molecular complexity index is 605. The van der Waals surface area contributed by atoms with Crippen LogP contribution < -0.4 is 10.1 Å². The number of anilines is 1. The molecule has 0 aromatic heterocycles. The van der Waals surface area contributed by atoms with E-state index in [-0.39, 0.29) is 0 Å². The van der Waals surface area contributed by atoms with Crippen LogP contribution in [-0.4, -0.2) is 32.6 Å².